The number of aromatic carboxylic acids is 1. The van der Waals surface area contributed by atoms with Gasteiger partial charge in [-0.2, -0.15) is 0 Å². The summed E-state index contributed by atoms with van der Waals surface area (Å²) in [6.45, 7) is 3.81. The fraction of sp³-hybridized carbons (Fsp3) is 0.160. The lowest BCUT2D eigenvalue weighted by Gasteiger charge is -2.16. The van der Waals surface area contributed by atoms with Gasteiger partial charge in [-0.15, -0.1) is 11.8 Å². The van der Waals surface area contributed by atoms with Gasteiger partial charge in [0.05, 0.1) is 21.5 Å². The topological polar surface area (TPSA) is 95.5 Å². The number of carboxylic acid groups (broad SMARTS) is 1. The van der Waals surface area contributed by atoms with Gasteiger partial charge in [0.15, 0.2) is 0 Å². The molecule has 0 aliphatic heterocycles. The predicted molar refractivity (Wildman–Crippen MR) is 133 cm³/mol. The van der Waals surface area contributed by atoms with E-state index in [1.807, 2.05) is 50.2 Å². The van der Waals surface area contributed by atoms with Gasteiger partial charge >= 0.3 is 5.97 Å². The lowest BCUT2D eigenvalue weighted by Crippen LogP contribution is -2.24. The number of amides is 2. The zero-order valence-corrected chi connectivity index (χ0v) is 19.7. The molecule has 1 unspecified atom stereocenters. The van der Waals surface area contributed by atoms with Gasteiger partial charge in [-0.1, -0.05) is 42.3 Å². The van der Waals surface area contributed by atoms with Crippen molar-refractivity contribution in [2.24, 2.45) is 0 Å². The van der Waals surface area contributed by atoms with Gasteiger partial charge in [0.1, 0.15) is 0 Å². The normalized spacial score (nSPS) is 11.5. The molecule has 0 fully saturated rings. The van der Waals surface area contributed by atoms with Crippen molar-refractivity contribution in [3.8, 4) is 0 Å². The van der Waals surface area contributed by atoms with Crippen LogP contribution < -0.4 is 10.6 Å². The molecule has 170 valence electrons. The molecule has 0 saturated carbocycles. The molecule has 1 atom stereocenters. The second-order valence-corrected chi connectivity index (χ2v) is 9.04. The summed E-state index contributed by atoms with van der Waals surface area (Å²) < 4.78 is 0. The Morgan fingerprint density at radius 3 is 2.42 bits per heavy atom. The molecule has 3 rings (SSSR count). The molecule has 0 aliphatic rings. The molecule has 0 heterocycles. The van der Waals surface area contributed by atoms with Crippen molar-refractivity contribution < 1.29 is 19.5 Å². The van der Waals surface area contributed by atoms with E-state index < -0.39 is 11.2 Å². The molecule has 0 radical (unpaired) electrons. The smallest absolute Gasteiger partial charge is 0.335 e. The molecule has 0 saturated heterocycles. The van der Waals surface area contributed by atoms with Crippen LogP contribution in [0.5, 0.6) is 0 Å². The summed E-state index contributed by atoms with van der Waals surface area (Å²) in [6.07, 6.45) is 0.534. The van der Waals surface area contributed by atoms with Crippen molar-refractivity contribution in [3.63, 3.8) is 0 Å². The average molecular weight is 483 g/mol. The van der Waals surface area contributed by atoms with Crippen molar-refractivity contribution in [1.82, 2.24) is 0 Å². The number of hydrogen-bond donors (Lipinski definition) is 3. The summed E-state index contributed by atoms with van der Waals surface area (Å²) in [6, 6.07) is 18.8. The SMILES string of the molecule is CCC(Sc1cccc(NC(=O)c2cccc(C)c2)c1)C(=O)Nc1cc(C(=O)O)ccc1Cl. The van der Waals surface area contributed by atoms with E-state index in [1.165, 1.54) is 30.0 Å². The third-order valence-corrected chi connectivity index (χ3v) is 6.47. The molecule has 3 aromatic rings. The number of nitrogens with one attached hydrogen (secondary N) is 2. The summed E-state index contributed by atoms with van der Waals surface area (Å²) in [4.78, 5) is 37.4. The van der Waals surface area contributed by atoms with Gasteiger partial charge in [-0.25, -0.2) is 4.79 Å². The predicted octanol–water partition coefficient (Wildman–Crippen LogP) is 6.11. The molecule has 33 heavy (non-hydrogen) atoms. The van der Waals surface area contributed by atoms with E-state index >= 15 is 0 Å². The van der Waals surface area contributed by atoms with Crippen LogP contribution >= 0.6 is 23.4 Å². The maximum absolute atomic E-state index is 12.9. The van der Waals surface area contributed by atoms with Crippen molar-refractivity contribution in [2.75, 3.05) is 10.6 Å². The van der Waals surface area contributed by atoms with Gasteiger partial charge in [-0.3, -0.25) is 9.59 Å². The second-order valence-electron chi connectivity index (χ2n) is 7.36. The molecule has 3 aromatic carbocycles. The van der Waals surface area contributed by atoms with Crippen LogP contribution in [0.2, 0.25) is 5.02 Å². The van der Waals surface area contributed by atoms with Gasteiger partial charge in [0.2, 0.25) is 5.91 Å². The quantitative estimate of drug-likeness (QED) is 0.337. The van der Waals surface area contributed by atoms with Crippen LogP contribution in [0.1, 0.15) is 39.6 Å². The van der Waals surface area contributed by atoms with E-state index in [9.17, 15) is 14.4 Å². The molecule has 0 bridgehead atoms. The van der Waals surface area contributed by atoms with Gasteiger partial charge in [0.25, 0.3) is 5.91 Å². The Hall–Kier alpha value is -3.29. The van der Waals surface area contributed by atoms with Crippen molar-refractivity contribution in [3.05, 3.63) is 88.4 Å². The molecule has 6 nitrogen and oxygen atoms in total. The minimum absolute atomic E-state index is 0.0347. The van der Waals surface area contributed by atoms with E-state index in [0.29, 0.717) is 17.7 Å². The van der Waals surface area contributed by atoms with E-state index in [-0.39, 0.29) is 28.1 Å². The molecule has 2 amide bonds. The largest absolute Gasteiger partial charge is 0.478 e. The maximum atomic E-state index is 12.9. The Bertz CT molecular complexity index is 1200. The first-order valence-electron chi connectivity index (χ1n) is 10.2. The Kier molecular flexibility index (Phi) is 8.14. The van der Waals surface area contributed by atoms with Crippen LogP contribution in [-0.2, 0) is 4.79 Å². The number of hydrogen-bond acceptors (Lipinski definition) is 4. The second kappa shape index (κ2) is 11.0. The maximum Gasteiger partial charge on any atom is 0.335 e. The number of rotatable bonds is 8. The van der Waals surface area contributed by atoms with Gasteiger partial charge in [0, 0.05) is 16.1 Å². The highest BCUT2D eigenvalue weighted by Crippen LogP contribution is 2.30. The first-order valence-corrected chi connectivity index (χ1v) is 11.5. The molecule has 3 N–H and O–H groups in total. The molecule has 0 aliphatic carbocycles. The first-order chi connectivity index (χ1) is 15.8. The number of carbonyl (C=O) groups is 3. The molecule has 0 aromatic heterocycles. The summed E-state index contributed by atoms with van der Waals surface area (Å²) in [5.74, 6) is -1.60. The van der Waals surface area contributed by atoms with Crippen LogP contribution in [0.3, 0.4) is 0 Å². The highest BCUT2D eigenvalue weighted by atomic mass is 35.5. The van der Waals surface area contributed by atoms with Gasteiger partial charge in [-0.05, 0) is 61.9 Å². The molecule has 0 spiro atoms. The summed E-state index contributed by atoms with van der Waals surface area (Å²) >= 11 is 7.48. The summed E-state index contributed by atoms with van der Waals surface area (Å²) in [7, 11) is 0. The van der Waals surface area contributed by atoms with E-state index in [0.717, 1.165) is 10.5 Å². The molecular weight excluding hydrogens is 460 g/mol. The van der Waals surface area contributed by atoms with Gasteiger partial charge < -0.3 is 15.7 Å². The zero-order chi connectivity index (χ0) is 24.0. The Morgan fingerprint density at radius 1 is 0.970 bits per heavy atom. The Labute approximate surface area is 201 Å². The third-order valence-electron chi connectivity index (χ3n) is 4.78. The number of benzene rings is 3. The monoisotopic (exact) mass is 482 g/mol. The minimum Gasteiger partial charge on any atom is -0.478 e. The van der Waals surface area contributed by atoms with E-state index in [1.54, 1.807) is 12.1 Å². The molecular formula is C25H23ClN2O4S. The first kappa shape index (κ1) is 24.4. The van der Waals surface area contributed by atoms with E-state index in [4.69, 9.17) is 16.7 Å². The highest BCUT2D eigenvalue weighted by Gasteiger charge is 2.20. The standard InChI is InChI=1S/C25H23ClN2O4S/c1-3-22(24(30)28-21-13-17(25(31)32)10-11-20(21)26)33-19-9-5-8-18(14-19)27-23(29)16-7-4-6-15(2)12-16/h4-14,22H,3H2,1-2H3,(H,27,29)(H,28,30)(H,31,32). The lowest BCUT2D eigenvalue weighted by atomic mass is 10.1. The number of anilines is 2. The third kappa shape index (κ3) is 6.60. The van der Waals surface area contributed by atoms with Crippen LogP contribution in [0.15, 0.2) is 71.6 Å². The minimum atomic E-state index is -1.10. The fourth-order valence-corrected chi connectivity index (χ4v) is 4.27. The number of carbonyl (C=O) groups excluding carboxylic acids is 2. The fourth-order valence-electron chi connectivity index (χ4n) is 3.09. The van der Waals surface area contributed by atoms with Crippen LogP contribution in [-0.4, -0.2) is 28.1 Å². The highest BCUT2D eigenvalue weighted by molar-refractivity contribution is 8.00. The Balaban J connectivity index is 1.70. The number of carboxylic acids is 1. The number of halogens is 1. The van der Waals surface area contributed by atoms with Crippen LogP contribution in [0.4, 0.5) is 11.4 Å². The zero-order valence-electron chi connectivity index (χ0n) is 18.1. The van der Waals surface area contributed by atoms with Crippen molar-refractivity contribution in [1.29, 1.82) is 0 Å². The van der Waals surface area contributed by atoms with Crippen molar-refractivity contribution in [2.45, 2.75) is 30.4 Å². The average Bonchev–Trinajstić information content (AvgIpc) is 2.79. The van der Waals surface area contributed by atoms with Crippen LogP contribution in [0, 0.1) is 6.92 Å². The van der Waals surface area contributed by atoms with Crippen molar-refractivity contribution >= 4 is 52.5 Å². The summed E-state index contributed by atoms with van der Waals surface area (Å²) in [5, 5.41) is 14.6. The number of thioether (sulfide) groups is 1. The number of aryl methyl sites for hydroxylation is 1. The molecule has 8 heteroatoms. The van der Waals surface area contributed by atoms with E-state index in [2.05, 4.69) is 10.6 Å². The lowest BCUT2D eigenvalue weighted by molar-refractivity contribution is -0.115. The summed E-state index contributed by atoms with van der Waals surface area (Å²) in [5.41, 5.74) is 2.48. The van der Waals surface area contributed by atoms with Crippen LogP contribution in [0.25, 0.3) is 0 Å². The Morgan fingerprint density at radius 2 is 1.73 bits per heavy atom.